The largest absolute Gasteiger partial charge is 0.462 e. The smallest absolute Gasteiger partial charge is 0.283 e. The lowest BCUT2D eigenvalue weighted by Gasteiger charge is -2.34. The van der Waals surface area contributed by atoms with E-state index in [1.54, 1.807) is 6.07 Å². The highest BCUT2D eigenvalue weighted by Gasteiger charge is 2.48. The molecule has 0 amide bonds. The Kier molecular flexibility index (Phi) is 3.87. The van der Waals surface area contributed by atoms with Crippen LogP contribution in [0.5, 0.6) is 11.5 Å². The van der Waals surface area contributed by atoms with Gasteiger partial charge in [0.2, 0.25) is 0 Å². The average molecular weight is 434 g/mol. The first-order valence-electron chi connectivity index (χ1n) is 8.81. The van der Waals surface area contributed by atoms with Crippen LogP contribution < -0.4 is 10.5 Å². The molecule has 6 nitrogen and oxygen atoms in total. The number of hydrogen-bond donors (Lipinski definition) is 1. The Morgan fingerprint density at radius 3 is 2.74 bits per heavy atom. The second kappa shape index (κ2) is 6.17. The van der Waals surface area contributed by atoms with E-state index in [4.69, 9.17) is 19.9 Å². The fourth-order valence-electron chi connectivity index (χ4n) is 4.00. The molecule has 1 unspecified atom stereocenters. The molecule has 0 aliphatic carbocycles. The summed E-state index contributed by atoms with van der Waals surface area (Å²) in [6, 6.07) is 7.50. The van der Waals surface area contributed by atoms with E-state index in [0.717, 1.165) is 22.9 Å². The molecule has 3 aliphatic rings. The number of ether oxygens (including phenoxy) is 3. The molecule has 0 radical (unpaired) electrons. The first kappa shape index (κ1) is 16.9. The Hall–Kier alpha value is -2.19. The summed E-state index contributed by atoms with van der Waals surface area (Å²) in [6.45, 7) is 1.49. The van der Waals surface area contributed by atoms with Gasteiger partial charge in [-0.15, -0.1) is 0 Å². The summed E-state index contributed by atoms with van der Waals surface area (Å²) in [5.41, 5.74) is 6.99. The number of amidine groups is 1. The summed E-state index contributed by atoms with van der Waals surface area (Å²) in [7, 11) is 0. The standard InChI is InChI=1S/C19H17BrFN3O3/c20-11-1-2-15-12(7-11)19(9-26-18(22)24-19)13-8-14(10-3-5-25-6-4-10)23-17(21)16(13)27-15/h1-2,7-8,10H,3-6,9H2,(H2,22,24). The number of nitrogens with two attached hydrogens (primary N) is 1. The number of fused-ring (bicyclic) bond motifs is 4. The third kappa shape index (κ3) is 2.62. The maximum atomic E-state index is 15.0. The van der Waals surface area contributed by atoms with Crippen molar-refractivity contribution in [1.82, 2.24) is 4.98 Å². The predicted octanol–water partition coefficient (Wildman–Crippen LogP) is 3.57. The van der Waals surface area contributed by atoms with Gasteiger partial charge in [-0.25, -0.2) is 9.98 Å². The molecule has 2 N–H and O–H groups in total. The molecule has 2 aromatic rings. The highest BCUT2D eigenvalue weighted by atomic mass is 79.9. The molecule has 1 saturated heterocycles. The Morgan fingerprint density at radius 1 is 1.19 bits per heavy atom. The summed E-state index contributed by atoms with van der Waals surface area (Å²) in [4.78, 5) is 8.78. The molecule has 8 heteroatoms. The second-order valence-electron chi connectivity index (χ2n) is 6.94. The molecule has 0 saturated carbocycles. The summed E-state index contributed by atoms with van der Waals surface area (Å²) >= 11 is 3.49. The average Bonchev–Trinajstić information content (AvgIpc) is 3.06. The van der Waals surface area contributed by atoms with Gasteiger partial charge in [-0.2, -0.15) is 4.39 Å². The zero-order chi connectivity index (χ0) is 18.6. The van der Waals surface area contributed by atoms with Crippen LogP contribution in [-0.4, -0.2) is 30.8 Å². The number of hydrogen-bond acceptors (Lipinski definition) is 6. The normalized spacial score (nSPS) is 24.0. The van der Waals surface area contributed by atoms with Crippen molar-refractivity contribution >= 4 is 22.0 Å². The lowest BCUT2D eigenvalue weighted by molar-refractivity contribution is 0.0842. The van der Waals surface area contributed by atoms with Crippen LogP contribution in [-0.2, 0) is 15.0 Å². The minimum absolute atomic E-state index is 0.0820. The Bertz CT molecular complexity index is 961. The molecule has 1 spiro atoms. The van der Waals surface area contributed by atoms with Crippen LogP contribution >= 0.6 is 15.9 Å². The third-order valence-corrected chi connectivity index (χ3v) is 5.86. The second-order valence-corrected chi connectivity index (χ2v) is 7.86. The fraction of sp³-hybridized carbons (Fsp3) is 0.368. The van der Waals surface area contributed by atoms with E-state index in [9.17, 15) is 4.39 Å². The van der Waals surface area contributed by atoms with Crippen molar-refractivity contribution in [3.05, 3.63) is 51.5 Å². The van der Waals surface area contributed by atoms with Gasteiger partial charge in [-0.1, -0.05) is 15.9 Å². The van der Waals surface area contributed by atoms with E-state index in [1.807, 2.05) is 18.2 Å². The van der Waals surface area contributed by atoms with Crippen molar-refractivity contribution in [2.75, 3.05) is 19.8 Å². The minimum Gasteiger partial charge on any atom is -0.462 e. The number of aliphatic imine (C=N–C) groups is 1. The summed E-state index contributed by atoms with van der Waals surface area (Å²) in [5.74, 6) is 0.112. The Morgan fingerprint density at radius 2 is 2.00 bits per heavy atom. The molecular weight excluding hydrogens is 417 g/mol. The fourth-order valence-corrected chi connectivity index (χ4v) is 4.37. The first-order chi connectivity index (χ1) is 13.1. The van der Waals surface area contributed by atoms with Crippen LogP contribution in [0.3, 0.4) is 0 Å². The van der Waals surface area contributed by atoms with E-state index in [1.165, 1.54) is 0 Å². The van der Waals surface area contributed by atoms with Crippen LogP contribution in [0, 0.1) is 5.95 Å². The van der Waals surface area contributed by atoms with Gasteiger partial charge in [-0.3, -0.25) is 0 Å². The molecule has 1 atom stereocenters. The molecule has 4 heterocycles. The molecule has 140 valence electrons. The van der Waals surface area contributed by atoms with Gasteiger partial charge in [0.25, 0.3) is 12.0 Å². The van der Waals surface area contributed by atoms with E-state index in [-0.39, 0.29) is 24.3 Å². The Labute approximate surface area is 163 Å². The van der Waals surface area contributed by atoms with Crippen molar-refractivity contribution in [1.29, 1.82) is 0 Å². The zero-order valence-electron chi connectivity index (χ0n) is 14.4. The van der Waals surface area contributed by atoms with Crippen molar-refractivity contribution in [3.8, 4) is 11.5 Å². The van der Waals surface area contributed by atoms with Gasteiger partial charge < -0.3 is 19.9 Å². The van der Waals surface area contributed by atoms with Crippen molar-refractivity contribution in [3.63, 3.8) is 0 Å². The molecule has 0 bridgehead atoms. The molecule has 1 aromatic carbocycles. The van der Waals surface area contributed by atoms with Crippen molar-refractivity contribution in [2.45, 2.75) is 24.3 Å². The Balaban J connectivity index is 1.72. The number of rotatable bonds is 1. The molecule has 5 rings (SSSR count). The van der Waals surface area contributed by atoms with Gasteiger partial charge in [-0.05, 0) is 37.1 Å². The summed E-state index contributed by atoms with van der Waals surface area (Å²) in [6.07, 6.45) is 1.62. The maximum Gasteiger partial charge on any atom is 0.283 e. The monoisotopic (exact) mass is 433 g/mol. The highest BCUT2D eigenvalue weighted by Crippen LogP contribution is 2.52. The van der Waals surface area contributed by atoms with Crippen LogP contribution in [0.2, 0.25) is 0 Å². The van der Waals surface area contributed by atoms with E-state index < -0.39 is 11.5 Å². The molecule has 3 aliphatic heterocycles. The minimum atomic E-state index is -0.944. The third-order valence-electron chi connectivity index (χ3n) is 5.37. The van der Waals surface area contributed by atoms with E-state index in [0.29, 0.717) is 30.2 Å². The topological polar surface area (TPSA) is 79.0 Å². The first-order valence-corrected chi connectivity index (χ1v) is 9.61. The maximum absolute atomic E-state index is 15.0. The van der Waals surface area contributed by atoms with Gasteiger partial charge in [0.05, 0.1) is 0 Å². The van der Waals surface area contributed by atoms with E-state index >= 15 is 0 Å². The number of benzene rings is 1. The molecule has 27 heavy (non-hydrogen) atoms. The van der Waals surface area contributed by atoms with Gasteiger partial charge >= 0.3 is 0 Å². The van der Waals surface area contributed by atoms with Gasteiger partial charge in [0, 0.05) is 40.4 Å². The summed E-state index contributed by atoms with van der Waals surface area (Å²) < 4.78 is 32.7. The van der Waals surface area contributed by atoms with Crippen molar-refractivity contribution in [2.24, 2.45) is 10.7 Å². The van der Waals surface area contributed by atoms with Crippen LogP contribution in [0.25, 0.3) is 0 Å². The zero-order valence-corrected chi connectivity index (χ0v) is 16.0. The number of halogens is 2. The SMILES string of the molecule is NC1=NC2(CO1)c1cc(Br)ccc1Oc1c2cc(C2CCOCC2)nc1F. The highest BCUT2D eigenvalue weighted by molar-refractivity contribution is 9.10. The van der Waals surface area contributed by atoms with Crippen LogP contribution in [0.4, 0.5) is 4.39 Å². The van der Waals surface area contributed by atoms with Crippen LogP contribution in [0.15, 0.2) is 33.7 Å². The number of nitrogens with zero attached hydrogens (tertiary/aromatic N) is 2. The van der Waals surface area contributed by atoms with E-state index in [2.05, 4.69) is 25.9 Å². The van der Waals surface area contributed by atoms with Crippen LogP contribution in [0.1, 0.15) is 35.6 Å². The number of pyridine rings is 1. The van der Waals surface area contributed by atoms with Crippen molar-refractivity contribution < 1.29 is 18.6 Å². The lowest BCUT2D eigenvalue weighted by atomic mass is 9.80. The van der Waals surface area contributed by atoms with Gasteiger partial charge in [0.15, 0.2) is 11.3 Å². The number of aromatic nitrogens is 1. The molecule has 1 fully saturated rings. The molecule has 1 aromatic heterocycles. The van der Waals surface area contributed by atoms with Gasteiger partial charge in [0.1, 0.15) is 12.4 Å². The molecular formula is C19H17BrFN3O3. The lowest BCUT2D eigenvalue weighted by Crippen LogP contribution is -2.32. The summed E-state index contributed by atoms with van der Waals surface area (Å²) in [5, 5.41) is 0. The predicted molar refractivity (Wildman–Crippen MR) is 99.6 cm³/mol. The quantitative estimate of drug-likeness (QED) is 0.695.